The highest BCUT2D eigenvalue weighted by Crippen LogP contribution is 2.41. The zero-order valence-electron chi connectivity index (χ0n) is 20.6. The summed E-state index contributed by atoms with van der Waals surface area (Å²) >= 11 is 5.80. The molecule has 4 rings (SSSR count). The Morgan fingerprint density at radius 3 is 2.51 bits per heavy atom. The van der Waals surface area contributed by atoms with Crippen molar-refractivity contribution in [3.05, 3.63) is 53.1 Å². The lowest BCUT2D eigenvalue weighted by Crippen LogP contribution is -2.57. The van der Waals surface area contributed by atoms with E-state index in [0.717, 1.165) is 6.07 Å². The summed E-state index contributed by atoms with van der Waals surface area (Å²) in [4.78, 5) is 23.9. The number of aliphatic imine (C=N–C) groups is 1. The van der Waals surface area contributed by atoms with Crippen molar-refractivity contribution in [2.24, 2.45) is 9.36 Å². The van der Waals surface area contributed by atoms with Crippen molar-refractivity contribution in [2.45, 2.75) is 37.2 Å². The van der Waals surface area contributed by atoms with E-state index in [0.29, 0.717) is 10.6 Å². The molecule has 16 heteroatoms. The molecule has 2 atom stereocenters. The van der Waals surface area contributed by atoms with Crippen LogP contribution in [0, 0.1) is 5.82 Å². The number of amides is 1. The summed E-state index contributed by atoms with van der Waals surface area (Å²) in [5.41, 5.74) is -1.40. The predicted octanol–water partition coefficient (Wildman–Crippen LogP) is 5.29. The fourth-order valence-corrected chi connectivity index (χ4v) is 6.59. The third-order valence-electron chi connectivity index (χ3n) is 6.07. The summed E-state index contributed by atoms with van der Waals surface area (Å²) in [5.74, 6) is -1.48. The normalized spacial score (nSPS) is 22.7. The molecule has 0 fully saturated rings. The molecule has 0 bridgehead atoms. The van der Waals surface area contributed by atoms with Crippen molar-refractivity contribution in [3.8, 4) is 22.8 Å². The highest BCUT2D eigenvalue weighted by Gasteiger charge is 2.50. The van der Waals surface area contributed by atoms with Gasteiger partial charge in [-0.05, 0) is 39.0 Å². The summed E-state index contributed by atoms with van der Waals surface area (Å²) in [6, 6.07) is 5.24. The van der Waals surface area contributed by atoms with Crippen LogP contribution in [0.2, 0.25) is 5.02 Å². The Bertz CT molecular complexity index is 1580. The molecule has 0 radical (unpaired) electrons. The maximum Gasteiger partial charge on any atom is 0.410 e. The fraction of sp³-hybridized carbons (Fsp3) is 0.348. The van der Waals surface area contributed by atoms with Crippen LogP contribution in [0.3, 0.4) is 0 Å². The summed E-state index contributed by atoms with van der Waals surface area (Å²) in [7, 11) is -3.86. The number of hydrogen-bond acceptors (Lipinski definition) is 8. The second-order valence-electron chi connectivity index (χ2n) is 9.36. The van der Waals surface area contributed by atoms with Crippen LogP contribution in [0.15, 0.2) is 50.5 Å². The Balaban J connectivity index is 1.83. The van der Waals surface area contributed by atoms with E-state index >= 15 is 4.39 Å². The predicted molar refractivity (Wildman–Crippen MR) is 134 cm³/mol. The third-order valence-corrected chi connectivity index (χ3v) is 9.55. The van der Waals surface area contributed by atoms with E-state index in [9.17, 15) is 27.3 Å². The number of hydrogen-bond donors (Lipinski definition) is 2. The van der Waals surface area contributed by atoms with Crippen LogP contribution >= 0.6 is 11.6 Å². The standard InChI is InChI=1S/C23H21ClF4N6O4S/c1-21(2)19(32-20(35)36)33-22(3,11-39(21,37)31-10-23(26,27)28)14-6-12(4-5-15(14)25)17-7-16(34-38-17)18-29-8-13(24)9-30-18/h4-9H,10-11H2,1-3H3,(H,32,33)(H,35,36)/t22-,39+/m0/s1. The van der Waals surface area contributed by atoms with E-state index in [1.807, 2.05) is 5.32 Å². The molecule has 0 spiro atoms. The SMILES string of the molecule is CC1(C)C(NC(=O)O)=N[C@](C)(c2cc(-c3cc(-c4ncc(Cl)cn4)no3)ccc2F)C[S@]1(=O)=NCC(F)(F)F. The molecule has 3 heterocycles. The van der Waals surface area contributed by atoms with Gasteiger partial charge < -0.3 is 9.63 Å². The molecule has 2 aromatic heterocycles. The van der Waals surface area contributed by atoms with Gasteiger partial charge in [0.1, 0.15) is 28.5 Å². The largest absolute Gasteiger partial charge is 0.465 e. The number of amidine groups is 1. The maximum absolute atomic E-state index is 15.2. The van der Waals surface area contributed by atoms with Crippen molar-refractivity contribution < 1.29 is 36.2 Å². The number of aromatic nitrogens is 3. The van der Waals surface area contributed by atoms with Crippen LogP contribution in [0.25, 0.3) is 22.8 Å². The summed E-state index contributed by atoms with van der Waals surface area (Å²) < 4.78 is 75.5. The second-order valence-corrected chi connectivity index (χ2v) is 12.6. The van der Waals surface area contributed by atoms with E-state index < -0.39 is 56.2 Å². The topological polar surface area (TPSA) is 143 Å². The van der Waals surface area contributed by atoms with Gasteiger partial charge in [0, 0.05) is 29.6 Å². The van der Waals surface area contributed by atoms with E-state index in [2.05, 4.69) is 24.5 Å². The Morgan fingerprint density at radius 2 is 1.90 bits per heavy atom. The van der Waals surface area contributed by atoms with Gasteiger partial charge in [-0.1, -0.05) is 16.8 Å². The third kappa shape index (κ3) is 5.73. The van der Waals surface area contributed by atoms with E-state index in [4.69, 9.17) is 16.1 Å². The number of benzene rings is 1. The van der Waals surface area contributed by atoms with Crippen LogP contribution in [0.1, 0.15) is 26.3 Å². The summed E-state index contributed by atoms with van der Waals surface area (Å²) in [6.07, 6.45) is -3.63. The first-order valence-corrected chi connectivity index (χ1v) is 13.2. The number of nitrogens with zero attached hydrogens (tertiary/aromatic N) is 5. The lowest BCUT2D eigenvalue weighted by atomic mass is 9.91. The van der Waals surface area contributed by atoms with Gasteiger partial charge in [-0.25, -0.2) is 27.7 Å². The Kier molecular flexibility index (Phi) is 7.19. The Labute approximate surface area is 224 Å². The highest BCUT2D eigenvalue weighted by atomic mass is 35.5. The molecule has 1 aromatic carbocycles. The molecular weight excluding hydrogens is 568 g/mol. The first kappa shape index (κ1) is 28.4. The minimum absolute atomic E-state index is 0.167. The van der Waals surface area contributed by atoms with Gasteiger partial charge in [-0.3, -0.25) is 10.3 Å². The van der Waals surface area contributed by atoms with Crippen molar-refractivity contribution in [1.82, 2.24) is 20.4 Å². The number of alkyl halides is 3. The van der Waals surface area contributed by atoms with Gasteiger partial charge in [-0.2, -0.15) is 13.2 Å². The van der Waals surface area contributed by atoms with Crippen LogP contribution in [-0.2, 0) is 15.3 Å². The molecule has 39 heavy (non-hydrogen) atoms. The average Bonchev–Trinajstić information content (AvgIpc) is 3.32. The molecule has 10 nitrogen and oxygen atoms in total. The van der Waals surface area contributed by atoms with Crippen LogP contribution in [0.5, 0.6) is 0 Å². The number of nitrogens with one attached hydrogen (secondary N) is 1. The fourth-order valence-electron chi connectivity index (χ4n) is 3.98. The number of carbonyl (C=O) groups is 1. The smallest absolute Gasteiger partial charge is 0.410 e. The Morgan fingerprint density at radius 1 is 1.23 bits per heavy atom. The van der Waals surface area contributed by atoms with Gasteiger partial charge >= 0.3 is 12.3 Å². The minimum atomic E-state index is -4.77. The van der Waals surface area contributed by atoms with Gasteiger partial charge in [0.05, 0.1) is 20.5 Å². The van der Waals surface area contributed by atoms with E-state index in [-0.39, 0.29) is 22.8 Å². The molecule has 2 N–H and O–H groups in total. The molecule has 0 unspecified atom stereocenters. The number of carboxylic acid groups (broad SMARTS) is 1. The first-order valence-electron chi connectivity index (χ1n) is 11.2. The maximum atomic E-state index is 15.2. The molecule has 1 aliphatic rings. The minimum Gasteiger partial charge on any atom is -0.465 e. The highest BCUT2D eigenvalue weighted by molar-refractivity contribution is 7.95. The lowest BCUT2D eigenvalue weighted by molar-refractivity contribution is -0.117. The lowest BCUT2D eigenvalue weighted by Gasteiger charge is -2.41. The first-order chi connectivity index (χ1) is 18.0. The second kappa shape index (κ2) is 9.86. The molecule has 208 valence electrons. The summed E-state index contributed by atoms with van der Waals surface area (Å²) in [5, 5.41) is 15.5. The zero-order valence-corrected chi connectivity index (χ0v) is 22.2. The molecular formula is C23H21ClF4N6O4S. The molecule has 0 aliphatic carbocycles. The van der Waals surface area contributed by atoms with Gasteiger partial charge in [-0.15, -0.1) is 0 Å². The Hall–Kier alpha value is -3.59. The zero-order chi connectivity index (χ0) is 28.8. The van der Waals surface area contributed by atoms with Crippen molar-refractivity contribution in [2.75, 3.05) is 12.3 Å². The molecule has 0 saturated carbocycles. The van der Waals surface area contributed by atoms with E-state index in [1.165, 1.54) is 51.4 Å². The summed E-state index contributed by atoms with van der Waals surface area (Å²) in [6.45, 7) is 2.14. The number of rotatable bonds is 4. The van der Waals surface area contributed by atoms with Gasteiger partial charge in [0.15, 0.2) is 17.3 Å². The number of halogens is 5. The monoisotopic (exact) mass is 588 g/mol. The van der Waals surface area contributed by atoms with Crippen LogP contribution in [0.4, 0.5) is 22.4 Å². The van der Waals surface area contributed by atoms with E-state index in [1.54, 1.807) is 0 Å². The van der Waals surface area contributed by atoms with Gasteiger partial charge in [0.2, 0.25) is 0 Å². The molecule has 1 aliphatic heterocycles. The molecule has 1 amide bonds. The molecule has 0 saturated heterocycles. The van der Waals surface area contributed by atoms with Crippen LogP contribution in [-0.4, -0.2) is 59.6 Å². The van der Waals surface area contributed by atoms with Crippen molar-refractivity contribution in [3.63, 3.8) is 0 Å². The molecule has 3 aromatic rings. The average molecular weight is 589 g/mol. The quantitative estimate of drug-likeness (QED) is 0.394. The van der Waals surface area contributed by atoms with Crippen molar-refractivity contribution in [1.29, 1.82) is 0 Å². The van der Waals surface area contributed by atoms with Gasteiger partial charge in [0.25, 0.3) is 0 Å². The van der Waals surface area contributed by atoms with Crippen LogP contribution < -0.4 is 5.32 Å². The van der Waals surface area contributed by atoms with Crippen molar-refractivity contribution >= 4 is 33.3 Å².